The van der Waals surface area contributed by atoms with Crippen LogP contribution in [-0.4, -0.2) is 4.57 Å². The molecule has 0 atom stereocenters. The van der Waals surface area contributed by atoms with Crippen molar-refractivity contribution in [2.75, 3.05) is 0 Å². The highest BCUT2D eigenvalue weighted by Crippen LogP contribution is 2.35. The maximum atomic E-state index is 5.81. The largest absolute Gasteiger partial charge is 0.465 e. The van der Waals surface area contributed by atoms with Crippen LogP contribution in [0.25, 0.3) is 0 Å². The van der Waals surface area contributed by atoms with E-state index in [2.05, 4.69) is 173 Å². The second-order valence-electron chi connectivity index (χ2n) is 17.5. The van der Waals surface area contributed by atoms with Crippen molar-refractivity contribution in [1.82, 2.24) is 4.57 Å². The van der Waals surface area contributed by atoms with Crippen LogP contribution in [0.2, 0.25) is 0 Å². The molecular formula is C37H63NOS. The van der Waals surface area contributed by atoms with E-state index in [1.54, 1.807) is 0 Å². The second-order valence-corrected chi connectivity index (χ2v) is 18.6. The quantitative estimate of drug-likeness (QED) is 0.263. The molecular weight excluding hydrogens is 506 g/mol. The maximum Gasteiger partial charge on any atom is 0.109 e. The van der Waals surface area contributed by atoms with Gasteiger partial charge in [-0.25, -0.2) is 0 Å². The van der Waals surface area contributed by atoms with Crippen molar-refractivity contribution < 1.29 is 4.42 Å². The van der Waals surface area contributed by atoms with Crippen LogP contribution in [0.5, 0.6) is 0 Å². The van der Waals surface area contributed by atoms with Gasteiger partial charge in [0.25, 0.3) is 0 Å². The van der Waals surface area contributed by atoms with Gasteiger partial charge in [-0.3, -0.25) is 0 Å². The smallest absolute Gasteiger partial charge is 0.109 e. The average Bonchev–Trinajstić information content (AvgIpc) is 3.45. The van der Waals surface area contributed by atoms with Gasteiger partial charge in [0.1, 0.15) is 11.5 Å². The first-order chi connectivity index (χ1) is 17.6. The Balaban J connectivity index is 0.000000300. The van der Waals surface area contributed by atoms with Crippen LogP contribution in [-0.2, 0) is 39.5 Å². The fourth-order valence-electron chi connectivity index (χ4n) is 4.31. The zero-order valence-corrected chi connectivity index (χ0v) is 30.5. The predicted octanol–water partition coefficient (Wildman–Crippen LogP) is 11.8. The Morgan fingerprint density at radius 1 is 0.425 bits per heavy atom. The Labute approximate surface area is 253 Å². The van der Waals surface area contributed by atoms with E-state index in [-0.39, 0.29) is 21.7 Å². The molecule has 0 aliphatic rings. The minimum absolute atomic E-state index is 0.115. The summed E-state index contributed by atoms with van der Waals surface area (Å²) in [6, 6.07) is 13.2. The molecule has 0 aliphatic carbocycles. The molecule has 0 unspecified atom stereocenters. The molecule has 0 amide bonds. The molecule has 0 saturated carbocycles. The third kappa shape index (κ3) is 10.6. The summed E-state index contributed by atoms with van der Waals surface area (Å²) < 4.78 is 8.15. The maximum absolute atomic E-state index is 5.81. The highest BCUT2D eigenvalue weighted by Gasteiger charge is 2.25. The van der Waals surface area contributed by atoms with E-state index in [1.807, 2.05) is 11.3 Å². The fourth-order valence-corrected chi connectivity index (χ4v) is 5.43. The summed E-state index contributed by atoms with van der Waals surface area (Å²) in [5.41, 5.74) is 4.11. The molecule has 0 aliphatic heterocycles. The van der Waals surface area contributed by atoms with Gasteiger partial charge in [-0.1, -0.05) is 125 Å². The van der Waals surface area contributed by atoms with Gasteiger partial charge in [0.2, 0.25) is 0 Å². The fraction of sp³-hybridized carbons (Fsp3) is 0.676. The van der Waals surface area contributed by atoms with Gasteiger partial charge in [0, 0.05) is 49.8 Å². The molecule has 3 aromatic rings. The minimum atomic E-state index is 0.115. The van der Waals surface area contributed by atoms with E-state index < -0.39 is 0 Å². The lowest BCUT2D eigenvalue weighted by molar-refractivity contribution is 0.344. The van der Waals surface area contributed by atoms with Crippen molar-refractivity contribution >= 4 is 11.3 Å². The summed E-state index contributed by atoms with van der Waals surface area (Å²) in [4.78, 5) is 2.97. The van der Waals surface area contributed by atoms with Crippen molar-refractivity contribution in [3.8, 4) is 0 Å². The Bertz CT molecular complexity index is 1040. The lowest BCUT2D eigenvalue weighted by Gasteiger charge is -2.25. The molecule has 2 nitrogen and oxygen atoms in total. The molecule has 40 heavy (non-hydrogen) atoms. The molecule has 3 heterocycles. The number of thiophene rings is 1. The standard InChI is InChI=1S/C13H23N.C12H20O.C12H20S/c1-12(2,3)10-8-9-11(14(10)7)13(4,5)6;2*1-11(2,3)9-7-8-10(13-9)12(4,5)6/h8-9H,1-7H3;2*7-8H,1-6H3. The number of aromatic nitrogens is 1. The molecule has 3 aromatic heterocycles. The SMILES string of the molecule is CC(C)(C)c1ccc(C(C)(C)C)o1.CC(C)(C)c1ccc(C(C)(C)C)s1.Cn1c(C(C)(C)C)ccc1C(C)(C)C. The number of furan rings is 1. The first-order valence-corrected chi connectivity index (χ1v) is 15.8. The highest BCUT2D eigenvalue weighted by atomic mass is 32.1. The molecule has 0 N–H and O–H groups in total. The van der Waals surface area contributed by atoms with Gasteiger partial charge in [0.15, 0.2) is 0 Å². The summed E-state index contributed by atoms with van der Waals surface area (Å²) in [6.07, 6.45) is 0. The van der Waals surface area contributed by atoms with E-state index >= 15 is 0 Å². The molecule has 0 saturated heterocycles. The molecule has 3 heteroatoms. The van der Waals surface area contributed by atoms with Crippen LogP contribution in [0.3, 0.4) is 0 Å². The van der Waals surface area contributed by atoms with Crippen molar-refractivity contribution in [3.63, 3.8) is 0 Å². The van der Waals surface area contributed by atoms with E-state index in [0.29, 0.717) is 10.8 Å². The normalized spacial score (nSPS) is 13.4. The summed E-state index contributed by atoms with van der Waals surface area (Å²) in [5, 5.41) is 0. The van der Waals surface area contributed by atoms with Gasteiger partial charge in [-0.05, 0) is 47.2 Å². The zero-order valence-electron chi connectivity index (χ0n) is 29.7. The predicted molar refractivity (Wildman–Crippen MR) is 181 cm³/mol. The summed E-state index contributed by atoms with van der Waals surface area (Å²) in [5.74, 6) is 2.13. The molecule has 0 fully saturated rings. The van der Waals surface area contributed by atoms with E-state index in [9.17, 15) is 0 Å². The van der Waals surface area contributed by atoms with E-state index in [0.717, 1.165) is 11.5 Å². The molecule has 228 valence electrons. The van der Waals surface area contributed by atoms with Crippen LogP contribution in [0.1, 0.15) is 157 Å². The van der Waals surface area contributed by atoms with Crippen molar-refractivity contribution in [2.45, 2.75) is 157 Å². The van der Waals surface area contributed by atoms with Crippen LogP contribution < -0.4 is 0 Å². The zero-order chi connectivity index (χ0) is 31.7. The summed E-state index contributed by atoms with van der Waals surface area (Å²) in [7, 11) is 2.17. The monoisotopic (exact) mass is 569 g/mol. The van der Waals surface area contributed by atoms with E-state index in [1.165, 1.54) is 21.1 Å². The third-order valence-corrected chi connectivity index (χ3v) is 8.76. The van der Waals surface area contributed by atoms with Crippen LogP contribution in [0.4, 0.5) is 0 Å². The van der Waals surface area contributed by atoms with Gasteiger partial charge in [-0.15, -0.1) is 11.3 Å². The van der Waals surface area contributed by atoms with Crippen LogP contribution in [0.15, 0.2) is 40.8 Å². The van der Waals surface area contributed by atoms with Gasteiger partial charge >= 0.3 is 0 Å². The Morgan fingerprint density at radius 3 is 0.875 bits per heavy atom. The number of nitrogens with zero attached hydrogens (tertiary/aromatic N) is 1. The first-order valence-electron chi connectivity index (χ1n) is 14.9. The van der Waals surface area contributed by atoms with Crippen molar-refractivity contribution in [2.24, 2.45) is 7.05 Å². The lowest BCUT2D eigenvalue weighted by atomic mass is 9.92. The van der Waals surface area contributed by atoms with Crippen LogP contribution >= 0.6 is 11.3 Å². The molecule has 0 bridgehead atoms. The van der Waals surface area contributed by atoms with Crippen molar-refractivity contribution in [1.29, 1.82) is 0 Å². The lowest BCUT2D eigenvalue weighted by Crippen LogP contribution is -2.21. The van der Waals surface area contributed by atoms with Gasteiger partial charge in [0.05, 0.1) is 0 Å². The minimum Gasteiger partial charge on any atom is -0.465 e. The van der Waals surface area contributed by atoms with Gasteiger partial charge < -0.3 is 8.98 Å². The first kappa shape index (κ1) is 36.3. The summed E-state index contributed by atoms with van der Waals surface area (Å²) in [6.45, 7) is 40.2. The second kappa shape index (κ2) is 12.2. The van der Waals surface area contributed by atoms with Crippen LogP contribution in [0, 0.1) is 0 Å². The number of rotatable bonds is 0. The molecule has 0 aromatic carbocycles. The molecule has 0 radical (unpaired) electrons. The van der Waals surface area contributed by atoms with Gasteiger partial charge in [-0.2, -0.15) is 0 Å². The third-order valence-electron chi connectivity index (χ3n) is 6.83. The van der Waals surface area contributed by atoms with E-state index in [4.69, 9.17) is 4.42 Å². The summed E-state index contributed by atoms with van der Waals surface area (Å²) >= 11 is 1.95. The molecule has 0 spiro atoms. The number of hydrogen-bond donors (Lipinski definition) is 0. The Morgan fingerprint density at radius 2 is 0.725 bits per heavy atom. The number of hydrogen-bond acceptors (Lipinski definition) is 2. The Kier molecular flexibility index (Phi) is 11.1. The molecule has 3 rings (SSSR count). The Hall–Kier alpha value is -1.74. The average molecular weight is 570 g/mol. The van der Waals surface area contributed by atoms with Crippen molar-refractivity contribution in [3.05, 3.63) is 69.1 Å². The topological polar surface area (TPSA) is 18.1 Å². The highest BCUT2D eigenvalue weighted by molar-refractivity contribution is 7.12.